The second-order valence-electron chi connectivity index (χ2n) is 6.15. The lowest BCUT2D eigenvalue weighted by Gasteiger charge is -2.26. The van der Waals surface area contributed by atoms with Crippen LogP contribution in [-0.2, 0) is 4.79 Å². The zero-order valence-electron chi connectivity index (χ0n) is 12.7. The van der Waals surface area contributed by atoms with Gasteiger partial charge in [0.25, 0.3) is 0 Å². The lowest BCUT2D eigenvalue weighted by Crippen LogP contribution is -2.30. The van der Waals surface area contributed by atoms with Crippen molar-refractivity contribution in [2.24, 2.45) is 11.8 Å². The van der Waals surface area contributed by atoms with Gasteiger partial charge in [0.2, 0.25) is 5.91 Å². The normalized spacial score (nSPS) is 22.0. The summed E-state index contributed by atoms with van der Waals surface area (Å²) in [5.74, 6) is 1.72. The standard InChI is InChI=1S/C17H25ClN2O/c1-13-5-7-14(8-6-13)9-10-19-12-17(21)20-16-4-2-3-15(18)11-16/h2-4,11,13-14,19H,5-10,12H2,1H3,(H,20,21). The van der Waals surface area contributed by atoms with Crippen LogP contribution in [0.3, 0.4) is 0 Å². The second-order valence-corrected chi connectivity index (χ2v) is 6.59. The highest BCUT2D eigenvalue weighted by Crippen LogP contribution is 2.29. The largest absolute Gasteiger partial charge is 0.325 e. The third kappa shape index (κ3) is 6.06. The first-order chi connectivity index (χ1) is 10.1. The molecule has 0 bridgehead atoms. The molecule has 0 saturated heterocycles. The number of carbonyl (C=O) groups is 1. The summed E-state index contributed by atoms with van der Waals surface area (Å²) in [6, 6.07) is 7.21. The summed E-state index contributed by atoms with van der Waals surface area (Å²) < 4.78 is 0. The molecule has 1 fully saturated rings. The van der Waals surface area contributed by atoms with Gasteiger partial charge in [0.1, 0.15) is 0 Å². The third-order valence-corrected chi connectivity index (χ3v) is 4.49. The molecule has 1 aromatic rings. The van der Waals surface area contributed by atoms with E-state index in [9.17, 15) is 4.79 Å². The molecule has 0 spiro atoms. The van der Waals surface area contributed by atoms with Gasteiger partial charge in [0.15, 0.2) is 0 Å². The van der Waals surface area contributed by atoms with E-state index in [4.69, 9.17) is 11.6 Å². The quantitative estimate of drug-likeness (QED) is 0.777. The van der Waals surface area contributed by atoms with Crippen molar-refractivity contribution in [1.29, 1.82) is 0 Å². The van der Waals surface area contributed by atoms with Crippen molar-refractivity contribution in [3.05, 3.63) is 29.3 Å². The Kier molecular flexibility index (Phi) is 6.52. The average Bonchev–Trinajstić information content (AvgIpc) is 2.45. The molecule has 1 saturated carbocycles. The molecule has 1 aromatic carbocycles. The topological polar surface area (TPSA) is 41.1 Å². The Morgan fingerprint density at radius 2 is 2.05 bits per heavy atom. The average molecular weight is 309 g/mol. The first-order valence-electron chi connectivity index (χ1n) is 7.89. The molecule has 0 aromatic heterocycles. The Hall–Kier alpha value is -1.06. The molecule has 21 heavy (non-hydrogen) atoms. The van der Waals surface area contributed by atoms with E-state index in [0.717, 1.165) is 24.1 Å². The molecule has 1 amide bonds. The van der Waals surface area contributed by atoms with Gasteiger partial charge in [-0.3, -0.25) is 4.79 Å². The van der Waals surface area contributed by atoms with Crippen molar-refractivity contribution in [1.82, 2.24) is 5.32 Å². The lowest BCUT2D eigenvalue weighted by molar-refractivity contribution is -0.115. The number of carbonyl (C=O) groups excluding carboxylic acids is 1. The van der Waals surface area contributed by atoms with Crippen molar-refractivity contribution in [3.63, 3.8) is 0 Å². The van der Waals surface area contributed by atoms with Crippen LogP contribution >= 0.6 is 11.6 Å². The van der Waals surface area contributed by atoms with Crippen molar-refractivity contribution in [3.8, 4) is 0 Å². The van der Waals surface area contributed by atoms with E-state index in [0.29, 0.717) is 11.6 Å². The fourth-order valence-electron chi connectivity index (χ4n) is 2.90. The first-order valence-corrected chi connectivity index (χ1v) is 8.27. The summed E-state index contributed by atoms with van der Waals surface area (Å²) in [6.07, 6.45) is 6.59. The second kappa shape index (κ2) is 8.40. The summed E-state index contributed by atoms with van der Waals surface area (Å²) in [6.45, 7) is 3.62. The van der Waals surface area contributed by atoms with Gasteiger partial charge in [0.05, 0.1) is 6.54 Å². The molecule has 116 valence electrons. The van der Waals surface area contributed by atoms with E-state index in [1.54, 1.807) is 12.1 Å². The lowest BCUT2D eigenvalue weighted by atomic mass is 9.81. The van der Waals surface area contributed by atoms with E-state index in [-0.39, 0.29) is 5.91 Å². The van der Waals surface area contributed by atoms with Gasteiger partial charge in [-0.15, -0.1) is 0 Å². The Bertz CT molecular complexity index is 456. The van der Waals surface area contributed by atoms with Crippen LogP contribution in [0.25, 0.3) is 0 Å². The summed E-state index contributed by atoms with van der Waals surface area (Å²) >= 11 is 5.88. The maximum absolute atomic E-state index is 11.8. The van der Waals surface area contributed by atoms with Gasteiger partial charge >= 0.3 is 0 Å². The van der Waals surface area contributed by atoms with Gasteiger partial charge in [-0.05, 0) is 43.0 Å². The molecule has 4 heteroatoms. The number of hydrogen-bond donors (Lipinski definition) is 2. The van der Waals surface area contributed by atoms with E-state index >= 15 is 0 Å². The number of halogens is 1. The SMILES string of the molecule is CC1CCC(CCNCC(=O)Nc2cccc(Cl)c2)CC1. The van der Waals surface area contributed by atoms with Crippen molar-refractivity contribution < 1.29 is 4.79 Å². The van der Waals surface area contributed by atoms with Gasteiger partial charge in [0, 0.05) is 10.7 Å². The highest BCUT2D eigenvalue weighted by molar-refractivity contribution is 6.30. The molecule has 0 unspecified atom stereocenters. The highest BCUT2D eigenvalue weighted by Gasteiger charge is 2.17. The summed E-state index contributed by atoms with van der Waals surface area (Å²) in [4.78, 5) is 11.8. The van der Waals surface area contributed by atoms with Crippen LogP contribution in [0.2, 0.25) is 5.02 Å². The number of hydrogen-bond acceptors (Lipinski definition) is 2. The summed E-state index contributed by atoms with van der Waals surface area (Å²) in [5, 5.41) is 6.71. The molecule has 2 N–H and O–H groups in total. The Balaban J connectivity index is 1.59. The van der Waals surface area contributed by atoms with Crippen LogP contribution in [0.15, 0.2) is 24.3 Å². The summed E-state index contributed by atoms with van der Waals surface area (Å²) in [7, 11) is 0. The van der Waals surface area contributed by atoms with Crippen LogP contribution < -0.4 is 10.6 Å². The van der Waals surface area contributed by atoms with Crippen LogP contribution in [0.1, 0.15) is 39.0 Å². The van der Waals surface area contributed by atoms with Crippen LogP contribution in [0, 0.1) is 11.8 Å². The highest BCUT2D eigenvalue weighted by atomic mass is 35.5. The monoisotopic (exact) mass is 308 g/mol. The van der Waals surface area contributed by atoms with E-state index < -0.39 is 0 Å². The van der Waals surface area contributed by atoms with Gasteiger partial charge < -0.3 is 10.6 Å². The Morgan fingerprint density at radius 1 is 1.29 bits per heavy atom. The molecule has 1 aliphatic rings. The Morgan fingerprint density at radius 3 is 2.76 bits per heavy atom. The van der Waals surface area contributed by atoms with Crippen molar-refractivity contribution in [2.75, 3.05) is 18.4 Å². The molecule has 0 aliphatic heterocycles. The van der Waals surface area contributed by atoms with Crippen molar-refractivity contribution in [2.45, 2.75) is 39.0 Å². The van der Waals surface area contributed by atoms with E-state index in [1.807, 2.05) is 12.1 Å². The van der Waals surface area contributed by atoms with E-state index in [2.05, 4.69) is 17.6 Å². The zero-order valence-corrected chi connectivity index (χ0v) is 13.5. The fourth-order valence-corrected chi connectivity index (χ4v) is 3.09. The van der Waals surface area contributed by atoms with Crippen LogP contribution in [-0.4, -0.2) is 19.0 Å². The molecular formula is C17H25ClN2O. The number of nitrogens with one attached hydrogen (secondary N) is 2. The molecular weight excluding hydrogens is 284 g/mol. The maximum atomic E-state index is 11.8. The molecule has 0 radical (unpaired) electrons. The van der Waals surface area contributed by atoms with Gasteiger partial charge in [-0.2, -0.15) is 0 Å². The third-order valence-electron chi connectivity index (χ3n) is 4.26. The molecule has 0 heterocycles. The van der Waals surface area contributed by atoms with Gasteiger partial charge in [-0.1, -0.05) is 50.3 Å². The molecule has 1 aliphatic carbocycles. The smallest absolute Gasteiger partial charge is 0.238 e. The molecule has 0 atom stereocenters. The first kappa shape index (κ1) is 16.3. The van der Waals surface area contributed by atoms with Gasteiger partial charge in [-0.25, -0.2) is 0 Å². The Labute approximate surface area is 132 Å². The predicted molar refractivity (Wildman–Crippen MR) is 88.7 cm³/mol. The summed E-state index contributed by atoms with van der Waals surface area (Å²) in [5.41, 5.74) is 0.746. The zero-order chi connectivity index (χ0) is 15.1. The number of rotatable bonds is 6. The predicted octanol–water partition coefficient (Wildman–Crippen LogP) is 4.08. The minimum atomic E-state index is -0.0190. The van der Waals surface area contributed by atoms with E-state index in [1.165, 1.54) is 32.1 Å². The molecule has 3 nitrogen and oxygen atoms in total. The minimum Gasteiger partial charge on any atom is -0.325 e. The van der Waals surface area contributed by atoms with Crippen molar-refractivity contribution >= 4 is 23.2 Å². The number of amides is 1. The fraction of sp³-hybridized carbons (Fsp3) is 0.588. The minimum absolute atomic E-state index is 0.0190. The van der Waals surface area contributed by atoms with Crippen LogP contribution in [0.5, 0.6) is 0 Å². The maximum Gasteiger partial charge on any atom is 0.238 e. The molecule has 2 rings (SSSR count). The number of anilines is 1. The van der Waals surface area contributed by atoms with Crippen LogP contribution in [0.4, 0.5) is 5.69 Å². The number of benzene rings is 1.